The first-order valence-electron chi connectivity index (χ1n) is 11.1. The van der Waals surface area contributed by atoms with Gasteiger partial charge in [-0.05, 0) is 104 Å². The lowest BCUT2D eigenvalue weighted by molar-refractivity contribution is -0.155. The number of aromatic nitrogens is 2. The van der Waals surface area contributed by atoms with E-state index in [1.165, 1.54) is 0 Å². The second-order valence-corrected chi connectivity index (χ2v) is 10.2. The minimum Gasteiger partial charge on any atom is -0.460 e. The molecular formula is C26H36N2O4. The summed E-state index contributed by atoms with van der Waals surface area (Å²) in [4.78, 5) is 33.5. The first-order valence-corrected chi connectivity index (χ1v) is 11.1. The van der Waals surface area contributed by atoms with Crippen LogP contribution in [0.25, 0.3) is 11.4 Å². The van der Waals surface area contributed by atoms with Crippen molar-refractivity contribution in [2.75, 3.05) is 0 Å². The summed E-state index contributed by atoms with van der Waals surface area (Å²) < 4.78 is 10.8. The first-order chi connectivity index (χ1) is 14.7. The smallest absolute Gasteiger partial charge is 0.306 e. The van der Waals surface area contributed by atoms with E-state index in [1.807, 2.05) is 79.7 Å². The number of pyridine rings is 2. The number of aryl methyl sites for hydroxylation is 4. The molecule has 0 aliphatic carbocycles. The van der Waals surface area contributed by atoms with Crippen molar-refractivity contribution in [1.82, 2.24) is 9.97 Å². The van der Waals surface area contributed by atoms with Gasteiger partial charge in [-0.2, -0.15) is 0 Å². The first kappa shape index (κ1) is 25.5. The van der Waals surface area contributed by atoms with Crippen molar-refractivity contribution in [3.8, 4) is 11.4 Å². The van der Waals surface area contributed by atoms with Gasteiger partial charge in [-0.15, -0.1) is 0 Å². The lowest BCUT2D eigenvalue weighted by Gasteiger charge is -2.19. The van der Waals surface area contributed by atoms with E-state index in [2.05, 4.69) is 9.97 Å². The molecule has 0 spiro atoms. The number of ether oxygens (including phenoxy) is 2. The highest BCUT2D eigenvalue weighted by molar-refractivity contribution is 5.71. The van der Waals surface area contributed by atoms with E-state index >= 15 is 0 Å². The Balaban J connectivity index is 2.15. The lowest BCUT2D eigenvalue weighted by Crippen LogP contribution is -2.24. The summed E-state index contributed by atoms with van der Waals surface area (Å²) in [6.45, 7) is 15.0. The van der Waals surface area contributed by atoms with Gasteiger partial charge in [0, 0.05) is 24.2 Å². The van der Waals surface area contributed by atoms with E-state index < -0.39 is 11.2 Å². The zero-order chi connectivity index (χ0) is 24.1. The van der Waals surface area contributed by atoms with Crippen LogP contribution in [0.4, 0.5) is 0 Å². The molecule has 0 radical (unpaired) electrons. The van der Waals surface area contributed by atoms with Gasteiger partial charge in [0.1, 0.15) is 11.2 Å². The standard InChI is InChI=1S/C26H36N2O4/c1-17-13-19(9-11-23(29)31-25(3,4)5)15-21(27-17)22-16-20(14-18(2)28-22)10-12-24(30)32-26(6,7)8/h13-16H,9-12H2,1-8H3. The second-order valence-electron chi connectivity index (χ2n) is 10.2. The molecule has 0 aliphatic heterocycles. The van der Waals surface area contributed by atoms with Crippen LogP contribution in [0, 0.1) is 13.8 Å². The minimum absolute atomic E-state index is 0.216. The van der Waals surface area contributed by atoms with E-state index in [0.29, 0.717) is 25.7 Å². The molecule has 0 fully saturated rings. The molecule has 32 heavy (non-hydrogen) atoms. The van der Waals surface area contributed by atoms with E-state index in [1.54, 1.807) is 0 Å². The summed E-state index contributed by atoms with van der Waals surface area (Å²) in [5, 5.41) is 0. The van der Waals surface area contributed by atoms with Crippen molar-refractivity contribution in [3.63, 3.8) is 0 Å². The Morgan fingerprint density at radius 2 is 1.03 bits per heavy atom. The van der Waals surface area contributed by atoms with Crippen molar-refractivity contribution in [1.29, 1.82) is 0 Å². The summed E-state index contributed by atoms with van der Waals surface area (Å²) in [6, 6.07) is 7.90. The highest BCUT2D eigenvalue weighted by Crippen LogP contribution is 2.22. The third kappa shape index (κ3) is 9.16. The van der Waals surface area contributed by atoms with Crippen LogP contribution in [0.2, 0.25) is 0 Å². The van der Waals surface area contributed by atoms with Crippen molar-refractivity contribution < 1.29 is 19.1 Å². The summed E-state index contributed by atoms with van der Waals surface area (Å²) in [5.41, 5.74) is 4.28. The van der Waals surface area contributed by atoms with Gasteiger partial charge in [0.2, 0.25) is 0 Å². The highest BCUT2D eigenvalue weighted by atomic mass is 16.6. The SMILES string of the molecule is Cc1cc(CCC(=O)OC(C)(C)C)cc(-c2cc(CCC(=O)OC(C)(C)C)cc(C)n2)n1. The molecule has 0 atom stereocenters. The Kier molecular flexibility index (Phi) is 8.16. The maximum atomic E-state index is 12.1. The fraction of sp³-hybridized carbons (Fsp3) is 0.538. The number of hydrogen-bond donors (Lipinski definition) is 0. The zero-order valence-corrected chi connectivity index (χ0v) is 20.7. The van der Waals surface area contributed by atoms with Crippen LogP contribution < -0.4 is 0 Å². The van der Waals surface area contributed by atoms with Crippen LogP contribution in [-0.2, 0) is 31.9 Å². The molecule has 0 saturated carbocycles. The molecule has 0 bridgehead atoms. The number of carbonyl (C=O) groups is 2. The predicted molar refractivity (Wildman–Crippen MR) is 125 cm³/mol. The summed E-state index contributed by atoms with van der Waals surface area (Å²) in [5.74, 6) is -0.432. The zero-order valence-electron chi connectivity index (χ0n) is 20.7. The van der Waals surface area contributed by atoms with Crippen LogP contribution in [0.3, 0.4) is 0 Å². The van der Waals surface area contributed by atoms with Crippen molar-refractivity contribution >= 4 is 11.9 Å². The van der Waals surface area contributed by atoms with E-state index in [0.717, 1.165) is 33.9 Å². The topological polar surface area (TPSA) is 78.4 Å². The molecule has 0 unspecified atom stereocenters. The lowest BCUT2D eigenvalue weighted by atomic mass is 10.0. The predicted octanol–water partition coefficient (Wildman–Crippen LogP) is 5.31. The van der Waals surface area contributed by atoms with Gasteiger partial charge >= 0.3 is 11.9 Å². The quantitative estimate of drug-likeness (QED) is 0.543. The minimum atomic E-state index is -0.488. The normalized spacial score (nSPS) is 11.9. The number of hydrogen-bond acceptors (Lipinski definition) is 6. The van der Waals surface area contributed by atoms with Crippen LogP contribution in [0.1, 0.15) is 76.9 Å². The molecule has 6 heteroatoms. The van der Waals surface area contributed by atoms with Crippen molar-refractivity contribution in [3.05, 3.63) is 46.8 Å². The molecule has 2 rings (SSSR count). The number of nitrogens with zero attached hydrogens (tertiary/aromatic N) is 2. The average Bonchev–Trinajstić information content (AvgIpc) is 2.61. The molecule has 174 valence electrons. The molecule has 2 heterocycles. The number of rotatable bonds is 7. The van der Waals surface area contributed by atoms with Gasteiger partial charge in [-0.25, -0.2) is 0 Å². The molecular weight excluding hydrogens is 404 g/mol. The molecule has 0 saturated heterocycles. The van der Waals surface area contributed by atoms with Crippen LogP contribution in [0.15, 0.2) is 24.3 Å². The van der Waals surface area contributed by atoms with Crippen molar-refractivity contribution in [2.24, 2.45) is 0 Å². The Bertz CT molecular complexity index is 889. The number of carbonyl (C=O) groups excluding carboxylic acids is 2. The van der Waals surface area contributed by atoms with Crippen LogP contribution >= 0.6 is 0 Å². The molecule has 0 N–H and O–H groups in total. The molecule has 6 nitrogen and oxygen atoms in total. The molecule has 2 aromatic rings. The molecule has 2 aromatic heterocycles. The maximum Gasteiger partial charge on any atom is 0.306 e. The summed E-state index contributed by atoms with van der Waals surface area (Å²) in [7, 11) is 0. The second kappa shape index (κ2) is 10.2. The van der Waals surface area contributed by atoms with Crippen molar-refractivity contribution in [2.45, 2.75) is 92.3 Å². The largest absolute Gasteiger partial charge is 0.460 e. The van der Waals surface area contributed by atoms with Gasteiger partial charge in [0.25, 0.3) is 0 Å². The Morgan fingerprint density at radius 1 is 0.688 bits per heavy atom. The molecule has 0 aromatic carbocycles. The van der Waals surface area contributed by atoms with Gasteiger partial charge < -0.3 is 9.47 Å². The highest BCUT2D eigenvalue weighted by Gasteiger charge is 2.18. The third-order valence-electron chi connectivity index (χ3n) is 4.36. The van der Waals surface area contributed by atoms with Gasteiger partial charge in [0.15, 0.2) is 0 Å². The van der Waals surface area contributed by atoms with Gasteiger partial charge in [-0.3, -0.25) is 19.6 Å². The Hall–Kier alpha value is -2.76. The molecule has 0 amide bonds. The third-order valence-corrected chi connectivity index (χ3v) is 4.36. The fourth-order valence-corrected chi connectivity index (χ4v) is 3.31. The van der Waals surface area contributed by atoms with E-state index in [-0.39, 0.29) is 11.9 Å². The monoisotopic (exact) mass is 440 g/mol. The summed E-state index contributed by atoms with van der Waals surface area (Å²) >= 11 is 0. The molecule has 0 aliphatic rings. The summed E-state index contributed by atoms with van der Waals surface area (Å²) in [6.07, 6.45) is 1.76. The Morgan fingerprint density at radius 3 is 1.34 bits per heavy atom. The van der Waals surface area contributed by atoms with Gasteiger partial charge in [0.05, 0.1) is 11.4 Å². The maximum absolute atomic E-state index is 12.1. The van der Waals surface area contributed by atoms with E-state index in [4.69, 9.17) is 9.47 Å². The number of esters is 2. The fourth-order valence-electron chi connectivity index (χ4n) is 3.31. The average molecular weight is 441 g/mol. The Labute approximate surface area is 191 Å². The van der Waals surface area contributed by atoms with Crippen LogP contribution in [-0.4, -0.2) is 33.1 Å². The van der Waals surface area contributed by atoms with Gasteiger partial charge in [-0.1, -0.05) is 0 Å². The van der Waals surface area contributed by atoms with Crippen LogP contribution in [0.5, 0.6) is 0 Å². The van der Waals surface area contributed by atoms with E-state index in [9.17, 15) is 9.59 Å².